The number of rotatable bonds is 2. The second-order valence-corrected chi connectivity index (χ2v) is 3.00. The molecule has 1 aromatic heterocycles. The molecule has 0 atom stereocenters. The number of nitrogens with zero attached hydrogens (tertiary/aromatic N) is 1. The van der Waals surface area contributed by atoms with E-state index in [0.717, 1.165) is 12.8 Å². The van der Waals surface area contributed by atoms with Crippen LogP contribution < -0.4 is 10.1 Å². The number of hydrogen-bond donors (Lipinski definition) is 1. The Morgan fingerprint density at radius 2 is 2.46 bits per heavy atom. The number of nitrogens with one attached hydrogen (secondary N) is 1. The fourth-order valence-electron chi connectivity index (χ4n) is 0.938. The van der Waals surface area contributed by atoms with E-state index in [9.17, 15) is 4.79 Å². The van der Waals surface area contributed by atoms with Gasteiger partial charge in [-0.05, 0) is 25.0 Å². The van der Waals surface area contributed by atoms with E-state index >= 15 is 0 Å². The van der Waals surface area contributed by atoms with Gasteiger partial charge in [-0.15, -0.1) is 0 Å². The van der Waals surface area contributed by atoms with Gasteiger partial charge in [0.2, 0.25) is 0 Å². The molecule has 0 spiro atoms. The third kappa shape index (κ3) is 2.43. The first-order valence-electron chi connectivity index (χ1n) is 4.23. The molecule has 1 fully saturated rings. The minimum Gasteiger partial charge on any atom is -0.409 e. The van der Waals surface area contributed by atoms with Crippen molar-refractivity contribution in [2.45, 2.75) is 18.9 Å². The zero-order valence-corrected chi connectivity index (χ0v) is 7.06. The molecule has 2 rings (SSSR count). The largest absolute Gasteiger partial charge is 0.412 e. The van der Waals surface area contributed by atoms with E-state index in [2.05, 4.69) is 10.3 Å². The second kappa shape index (κ2) is 3.43. The summed E-state index contributed by atoms with van der Waals surface area (Å²) in [5.41, 5.74) is 0. The lowest BCUT2D eigenvalue weighted by molar-refractivity contribution is 0.200. The SMILES string of the molecule is O=C(NC1CC1)Oc1cccnc1. The molecule has 0 unspecified atom stereocenters. The topological polar surface area (TPSA) is 51.2 Å². The highest BCUT2D eigenvalue weighted by molar-refractivity contribution is 5.70. The van der Waals surface area contributed by atoms with Gasteiger partial charge in [-0.2, -0.15) is 0 Å². The van der Waals surface area contributed by atoms with Crippen molar-refractivity contribution in [3.05, 3.63) is 24.5 Å². The summed E-state index contributed by atoms with van der Waals surface area (Å²) in [6.45, 7) is 0. The van der Waals surface area contributed by atoms with Crippen molar-refractivity contribution >= 4 is 6.09 Å². The molecular weight excluding hydrogens is 168 g/mol. The van der Waals surface area contributed by atoms with Crippen molar-refractivity contribution in [1.82, 2.24) is 10.3 Å². The van der Waals surface area contributed by atoms with Crippen LogP contribution in [0, 0.1) is 0 Å². The van der Waals surface area contributed by atoms with Crippen LogP contribution in [0.3, 0.4) is 0 Å². The summed E-state index contributed by atoms with van der Waals surface area (Å²) in [5, 5.41) is 2.71. The first-order valence-corrected chi connectivity index (χ1v) is 4.23. The quantitative estimate of drug-likeness (QED) is 0.743. The summed E-state index contributed by atoms with van der Waals surface area (Å²) >= 11 is 0. The lowest BCUT2D eigenvalue weighted by Crippen LogP contribution is -2.28. The number of hydrogen-bond acceptors (Lipinski definition) is 3. The average Bonchev–Trinajstić information content (AvgIpc) is 2.90. The van der Waals surface area contributed by atoms with E-state index < -0.39 is 6.09 Å². The third-order valence-corrected chi connectivity index (χ3v) is 1.74. The van der Waals surface area contributed by atoms with Crippen LogP contribution in [-0.2, 0) is 0 Å². The van der Waals surface area contributed by atoms with Gasteiger partial charge < -0.3 is 10.1 Å². The lowest BCUT2D eigenvalue weighted by atomic mass is 10.5. The van der Waals surface area contributed by atoms with E-state index in [1.807, 2.05) is 0 Å². The van der Waals surface area contributed by atoms with E-state index in [0.29, 0.717) is 11.8 Å². The molecule has 1 saturated carbocycles. The average molecular weight is 178 g/mol. The van der Waals surface area contributed by atoms with Gasteiger partial charge in [-0.1, -0.05) is 0 Å². The summed E-state index contributed by atoms with van der Waals surface area (Å²) in [7, 11) is 0. The van der Waals surface area contributed by atoms with Gasteiger partial charge in [0.15, 0.2) is 5.75 Å². The van der Waals surface area contributed by atoms with E-state index in [1.54, 1.807) is 18.3 Å². The van der Waals surface area contributed by atoms with Crippen molar-refractivity contribution in [3.63, 3.8) is 0 Å². The Morgan fingerprint density at radius 1 is 1.62 bits per heavy atom. The minimum absolute atomic E-state index is 0.323. The van der Waals surface area contributed by atoms with Crippen LogP contribution in [0.5, 0.6) is 5.75 Å². The molecule has 0 aromatic carbocycles. The molecule has 1 aliphatic carbocycles. The smallest absolute Gasteiger partial charge is 0.409 e. The van der Waals surface area contributed by atoms with Gasteiger partial charge in [0.1, 0.15) is 0 Å². The van der Waals surface area contributed by atoms with Crippen LogP contribution >= 0.6 is 0 Å². The van der Waals surface area contributed by atoms with Crippen LogP contribution in [0.1, 0.15) is 12.8 Å². The number of pyridine rings is 1. The van der Waals surface area contributed by atoms with Gasteiger partial charge >= 0.3 is 6.09 Å². The Morgan fingerprint density at radius 3 is 3.08 bits per heavy atom. The molecule has 1 aliphatic rings. The molecule has 4 heteroatoms. The summed E-state index contributed by atoms with van der Waals surface area (Å²) in [6.07, 6.45) is 4.86. The number of amides is 1. The maximum absolute atomic E-state index is 11.1. The van der Waals surface area contributed by atoms with E-state index in [4.69, 9.17) is 4.74 Å². The van der Waals surface area contributed by atoms with Crippen molar-refractivity contribution in [2.24, 2.45) is 0 Å². The Bertz CT molecular complexity index is 296. The highest BCUT2D eigenvalue weighted by atomic mass is 16.6. The fraction of sp³-hybridized carbons (Fsp3) is 0.333. The molecule has 1 N–H and O–H groups in total. The second-order valence-electron chi connectivity index (χ2n) is 3.00. The van der Waals surface area contributed by atoms with Gasteiger partial charge in [-0.25, -0.2) is 4.79 Å². The maximum Gasteiger partial charge on any atom is 0.412 e. The molecule has 1 amide bonds. The fourth-order valence-corrected chi connectivity index (χ4v) is 0.938. The minimum atomic E-state index is -0.393. The first kappa shape index (κ1) is 8.04. The molecule has 0 saturated heterocycles. The standard InChI is InChI=1S/C9H10N2O2/c12-9(11-7-3-4-7)13-8-2-1-5-10-6-8/h1-2,5-7H,3-4H2,(H,11,12). The number of aromatic nitrogens is 1. The first-order chi connectivity index (χ1) is 6.34. The molecule has 13 heavy (non-hydrogen) atoms. The maximum atomic E-state index is 11.1. The lowest BCUT2D eigenvalue weighted by Gasteiger charge is -2.03. The summed E-state index contributed by atoms with van der Waals surface area (Å²) < 4.78 is 4.95. The van der Waals surface area contributed by atoms with Crippen molar-refractivity contribution in [1.29, 1.82) is 0 Å². The molecule has 1 aromatic rings. The Labute approximate surface area is 75.9 Å². The van der Waals surface area contributed by atoms with Crippen molar-refractivity contribution in [3.8, 4) is 5.75 Å². The van der Waals surface area contributed by atoms with Gasteiger partial charge in [0.25, 0.3) is 0 Å². The van der Waals surface area contributed by atoms with Crippen LogP contribution in [0.15, 0.2) is 24.5 Å². The normalized spacial score (nSPS) is 15.1. The van der Waals surface area contributed by atoms with Gasteiger partial charge in [0, 0.05) is 12.2 Å². The van der Waals surface area contributed by atoms with Crippen molar-refractivity contribution in [2.75, 3.05) is 0 Å². The molecule has 1 heterocycles. The predicted octanol–water partition coefficient (Wildman–Crippen LogP) is 1.33. The number of ether oxygens (including phenoxy) is 1. The molecule has 0 bridgehead atoms. The Balaban J connectivity index is 1.86. The molecular formula is C9H10N2O2. The van der Waals surface area contributed by atoms with Crippen LogP contribution in [0.4, 0.5) is 4.79 Å². The van der Waals surface area contributed by atoms with E-state index in [-0.39, 0.29) is 0 Å². The Kier molecular flexibility index (Phi) is 2.12. The number of carbonyl (C=O) groups is 1. The van der Waals surface area contributed by atoms with Gasteiger partial charge in [-0.3, -0.25) is 4.98 Å². The van der Waals surface area contributed by atoms with E-state index in [1.165, 1.54) is 6.20 Å². The third-order valence-electron chi connectivity index (χ3n) is 1.74. The zero-order chi connectivity index (χ0) is 9.10. The van der Waals surface area contributed by atoms with Crippen LogP contribution in [-0.4, -0.2) is 17.1 Å². The zero-order valence-electron chi connectivity index (χ0n) is 7.06. The molecule has 0 aliphatic heterocycles. The highest BCUT2D eigenvalue weighted by Crippen LogP contribution is 2.18. The van der Waals surface area contributed by atoms with Crippen molar-refractivity contribution < 1.29 is 9.53 Å². The van der Waals surface area contributed by atoms with Gasteiger partial charge in [0.05, 0.1) is 6.20 Å². The summed E-state index contributed by atoms with van der Waals surface area (Å²) in [6, 6.07) is 3.74. The molecule has 68 valence electrons. The molecule has 0 radical (unpaired) electrons. The number of carbonyl (C=O) groups excluding carboxylic acids is 1. The monoisotopic (exact) mass is 178 g/mol. The van der Waals surface area contributed by atoms with Crippen LogP contribution in [0.2, 0.25) is 0 Å². The summed E-state index contributed by atoms with van der Waals surface area (Å²) in [5.74, 6) is 0.473. The summed E-state index contributed by atoms with van der Waals surface area (Å²) in [4.78, 5) is 14.9. The predicted molar refractivity (Wildman–Crippen MR) is 46.4 cm³/mol. The molecule has 4 nitrogen and oxygen atoms in total. The van der Waals surface area contributed by atoms with Crippen LogP contribution in [0.25, 0.3) is 0 Å². The highest BCUT2D eigenvalue weighted by Gasteiger charge is 2.23. The Hall–Kier alpha value is -1.58.